The van der Waals surface area contributed by atoms with Crippen LogP contribution >= 0.6 is 0 Å². The highest BCUT2D eigenvalue weighted by atomic mass is 16.1. The van der Waals surface area contributed by atoms with Crippen LogP contribution in [0.1, 0.15) is 34.6 Å². The number of H-pyrrole nitrogens is 1. The number of aromatic nitrogens is 3. The van der Waals surface area contributed by atoms with Gasteiger partial charge < -0.3 is 15.6 Å². The predicted molar refractivity (Wildman–Crippen MR) is 122 cm³/mol. The Morgan fingerprint density at radius 2 is 1.87 bits per heavy atom. The van der Waals surface area contributed by atoms with E-state index in [0.717, 1.165) is 46.0 Å². The lowest BCUT2D eigenvalue weighted by Gasteiger charge is -2.15. The summed E-state index contributed by atoms with van der Waals surface area (Å²) in [6.45, 7) is 2.79. The Hall–Kier alpha value is -3.93. The van der Waals surface area contributed by atoms with Crippen molar-refractivity contribution in [3.63, 3.8) is 0 Å². The monoisotopic (exact) mass is 409 g/mol. The SMILES string of the molecule is C[C@@H](Nc1ccc(-c2cc(-c3cc4c([nH]3)CCNC4=O)ccn2)cn1)c1ccccc1. The molecule has 4 aromatic rings. The standard InChI is InChI=1S/C25H23N5O/c1-16(17-5-3-2-4-6-17)29-24-8-7-19(15-28-24)22-13-18(9-11-26-22)23-14-20-21(30-23)10-12-27-25(20)31/h2-9,11,13-16,30H,10,12H2,1H3,(H,27,31)(H,28,29)/t16-/m1/s1. The molecule has 1 amide bonds. The topological polar surface area (TPSA) is 82.7 Å². The van der Waals surface area contributed by atoms with Crippen molar-refractivity contribution in [2.75, 3.05) is 11.9 Å². The molecule has 4 heterocycles. The van der Waals surface area contributed by atoms with Crippen LogP contribution in [0.3, 0.4) is 0 Å². The molecule has 0 unspecified atom stereocenters. The second-order valence-electron chi connectivity index (χ2n) is 7.72. The molecular weight excluding hydrogens is 386 g/mol. The average Bonchev–Trinajstić information content (AvgIpc) is 3.26. The highest BCUT2D eigenvalue weighted by Crippen LogP contribution is 2.27. The molecule has 1 aliphatic heterocycles. The van der Waals surface area contributed by atoms with Crippen LogP contribution in [0.15, 0.2) is 73.1 Å². The number of nitrogens with one attached hydrogen (secondary N) is 3. The Morgan fingerprint density at radius 1 is 1.00 bits per heavy atom. The molecule has 3 N–H and O–H groups in total. The van der Waals surface area contributed by atoms with Crippen LogP contribution in [-0.2, 0) is 6.42 Å². The molecule has 154 valence electrons. The molecule has 1 aliphatic rings. The molecule has 6 heteroatoms. The van der Waals surface area contributed by atoms with E-state index in [2.05, 4.69) is 44.6 Å². The summed E-state index contributed by atoms with van der Waals surface area (Å²) >= 11 is 0. The number of nitrogens with zero attached hydrogens (tertiary/aromatic N) is 2. The fourth-order valence-electron chi connectivity index (χ4n) is 3.88. The lowest BCUT2D eigenvalue weighted by atomic mass is 10.1. The van der Waals surface area contributed by atoms with Gasteiger partial charge in [0, 0.05) is 53.9 Å². The molecule has 5 rings (SSSR count). The number of carbonyl (C=O) groups excluding carboxylic acids is 1. The molecule has 0 radical (unpaired) electrons. The lowest BCUT2D eigenvalue weighted by molar-refractivity contribution is 0.0946. The van der Waals surface area contributed by atoms with Crippen molar-refractivity contribution in [1.82, 2.24) is 20.3 Å². The van der Waals surface area contributed by atoms with Crippen LogP contribution in [0.25, 0.3) is 22.5 Å². The minimum atomic E-state index is -0.0185. The molecule has 0 fully saturated rings. The van der Waals surface area contributed by atoms with Gasteiger partial charge in [-0.2, -0.15) is 0 Å². The van der Waals surface area contributed by atoms with E-state index in [0.29, 0.717) is 6.54 Å². The number of benzene rings is 1. The molecule has 1 aromatic carbocycles. The molecule has 3 aromatic heterocycles. The third-order valence-electron chi connectivity index (χ3n) is 5.60. The van der Waals surface area contributed by atoms with Gasteiger partial charge in [0.2, 0.25) is 0 Å². The zero-order chi connectivity index (χ0) is 21.2. The summed E-state index contributed by atoms with van der Waals surface area (Å²) < 4.78 is 0. The number of carbonyl (C=O) groups is 1. The third kappa shape index (κ3) is 3.92. The van der Waals surface area contributed by atoms with E-state index >= 15 is 0 Å². The molecule has 0 aliphatic carbocycles. The summed E-state index contributed by atoms with van der Waals surface area (Å²) in [5, 5.41) is 6.32. The van der Waals surface area contributed by atoms with Crippen LogP contribution in [0.5, 0.6) is 0 Å². The molecule has 6 nitrogen and oxygen atoms in total. The van der Waals surface area contributed by atoms with Crippen molar-refractivity contribution in [3.8, 4) is 22.5 Å². The van der Waals surface area contributed by atoms with E-state index in [1.165, 1.54) is 5.56 Å². The van der Waals surface area contributed by atoms with Gasteiger partial charge >= 0.3 is 0 Å². The van der Waals surface area contributed by atoms with Crippen LogP contribution in [0, 0.1) is 0 Å². The van der Waals surface area contributed by atoms with E-state index in [1.807, 2.05) is 54.7 Å². The number of rotatable bonds is 5. The molecule has 0 saturated carbocycles. The van der Waals surface area contributed by atoms with Gasteiger partial charge in [0.05, 0.1) is 11.3 Å². The maximum atomic E-state index is 12.1. The van der Waals surface area contributed by atoms with Crippen LogP contribution in [0.2, 0.25) is 0 Å². The maximum Gasteiger partial charge on any atom is 0.253 e. The number of hydrogen-bond donors (Lipinski definition) is 3. The smallest absolute Gasteiger partial charge is 0.253 e. The van der Waals surface area contributed by atoms with E-state index in [9.17, 15) is 4.79 Å². The van der Waals surface area contributed by atoms with Gasteiger partial charge in [-0.25, -0.2) is 4.98 Å². The second-order valence-corrected chi connectivity index (χ2v) is 7.72. The zero-order valence-electron chi connectivity index (χ0n) is 17.2. The van der Waals surface area contributed by atoms with Crippen molar-refractivity contribution in [2.45, 2.75) is 19.4 Å². The summed E-state index contributed by atoms with van der Waals surface area (Å²) in [5.41, 5.74) is 6.62. The van der Waals surface area contributed by atoms with Gasteiger partial charge in [-0.1, -0.05) is 30.3 Å². The van der Waals surface area contributed by atoms with E-state index in [-0.39, 0.29) is 11.9 Å². The first-order valence-electron chi connectivity index (χ1n) is 10.4. The molecule has 0 spiro atoms. The normalized spacial score (nSPS) is 13.9. The Morgan fingerprint density at radius 3 is 2.65 bits per heavy atom. The summed E-state index contributed by atoms with van der Waals surface area (Å²) in [6, 6.07) is 20.3. The highest BCUT2D eigenvalue weighted by molar-refractivity contribution is 5.97. The Labute approximate surface area is 180 Å². The first-order chi connectivity index (χ1) is 15.2. The van der Waals surface area contributed by atoms with Crippen molar-refractivity contribution < 1.29 is 4.79 Å². The largest absolute Gasteiger partial charge is 0.364 e. The van der Waals surface area contributed by atoms with Crippen LogP contribution < -0.4 is 10.6 Å². The summed E-state index contributed by atoms with van der Waals surface area (Å²) in [6.07, 6.45) is 4.44. The Balaban J connectivity index is 1.36. The van der Waals surface area contributed by atoms with Crippen molar-refractivity contribution >= 4 is 11.7 Å². The fourth-order valence-corrected chi connectivity index (χ4v) is 3.88. The van der Waals surface area contributed by atoms with Gasteiger partial charge in [0.25, 0.3) is 5.91 Å². The average molecular weight is 409 g/mol. The lowest BCUT2D eigenvalue weighted by Crippen LogP contribution is -2.31. The van der Waals surface area contributed by atoms with E-state index in [1.54, 1.807) is 6.20 Å². The minimum absolute atomic E-state index is 0.0185. The fraction of sp³-hybridized carbons (Fsp3) is 0.160. The zero-order valence-corrected chi connectivity index (χ0v) is 17.2. The predicted octanol–water partition coefficient (Wildman–Crippen LogP) is 4.60. The van der Waals surface area contributed by atoms with E-state index in [4.69, 9.17) is 0 Å². The number of anilines is 1. The first-order valence-corrected chi connectivity index (χ1v) is 10.4. The molecule has 0 saturated heterocycles. The Kier molecular flexibility index (Phi) is 4.96. The van der Waals surface area contributed by atoms with Crippen molar-refractivity contribution in [1.29, 1.82) is 0 Å². The number of amides is 1. The van der Waals surface area contributed by atoms with Crippen LogP contribution in [-0.4, -0.2) is 27.4 Å². The minimum Gasteiger partial charge on any atom is -0.364 e. The van der Waals surface area contributed by atoms with Gasteiger partial charge in [-0.15, -0.1) is 0 Å². The third-order valence-corrected chi connectivity index (χ3v) is 5.60. The van der Waals surface area contributed by atoms with Gasteiger partial charge in [0.15, 0.2) is 0 Å². The number of aromatic amines is 1. The van der Waals surface area contributed by atoms with E-state index < -0.39 is 0 Å². The summed E-state index contributed by atoms with van der Waals surface area (Å²) in [4.78, 5) is 24.5. The second kappa shape index (κ2) is 8.07. The van der Waals surface area contributed by atoms with Gasteiger partial charge in [-0.05, 0) is 42.8 Å². The number of hydrogen-bond acceptors (Lipinski definition) is 4. The number of fused-ring (bicyclic) bond motifs is 1. The summed E-state index contributed by atoms with van der Waals surface area (Å²) in [5.74, 6) is 0.800. The number of pyridine rings is 2. The molecule has 31 heavy (non-hydrogen) atoms. The first kappa shape index (κ1) is 19.1. The molecular formula is C25H23N5O. The van der Waals surface area contributed by atoms with Crippen LogP contribution in [0.4, 0.5) is 5.82 Å². The Bertz CT molecular complexity index is 1210. The quantitative estimate of drug-likeness (QED) is 0.450. The highest BCUT2D eigenvalue weighted by Gasteiger charge is 2.20. The summed E-state index contributed by atoms with van der Waals surface area (Å²) in [7, 11) is 0. The molecule has 0 bridgehead atoms. The molecule has 1 atom stereocenters. The van der Waals surface area contributed by atoms with Crippen molar-refractivity contribution in [2.24, 2.45) is 0 Å². The maximum absolute atomic E-state index is 12.1. The van der Waals surface area contributed by atoms with Gasteiger partial charge in [0.1, 0.15) is 5.82 Å². The van der Waals surface area contributed by atoms with Gasteiger partial charge in [-0.3, -0.25) is 9.78 Å². The van der Waals surface area contributed by atoms with Crippen molar-refractivity contribution in [3.05, 3.63) is 89.9 Å².